The van der Waals surface area contributed by atoms with E-state index in [1.807, 2.05) is 70.2 Å². The van der Waals surface area contributed by atoms with E-state index in [9.17, 15) is 9.59 Å². The molecule has 0 aliphatic carbocycles. The molecule has 0 saturated carbocycles. The Hall–Kier alpha value is -3.74. The van der Waals surface area contributed by atoms with Crippen molar-refractivity contribution in [3.63, 3.8) is 0 Å². The van der Waals surface area contributed by atoms with E-state index in [2.05, 4.69) is 16.3 Å². The summed E-state index contributed by atoms with van der Waals surface area (Å²) >= 11 is 0. The first kappa shape index (κ1) is 22.5. The highest BCUT2D eigenvalue weighted by Crippen LogP contribution is 2.24. The van der Waals surface area contributed by atoms with Crippen LogP contribution in [-0.4, -0.2) is 44.4 Å². The van der Waals surface area contributed by atoms with Crippen LogP contribution in [0.4, 0.5) is 4.79 Å². The van der Waals surface area contributed by atoms with Gasteiger partial charge in [-0.3, -0.25) is 9.36 Å². The smallest absolute Gasteiger partial charge is 0.410 e. The number of aryl methyl sites for hydroxylation is 1. The minimum atomic E-state index is -0.519. The number of ether oxygens (including phenoxy) is 1. The van der Waals surface area contributed by atoms with Crippen molar-refractivity contribution in [1.29, 1.82) is 0 Å². The summed E-state index contributed by atoms with van der Waals surface area (Å²) in [5, 5.41) is 8.21. The molecule has 0 radical (unpaired) electrons. The number of amides is 1. The lowest BCUT2D eigenvalue weighted by Crippen LogP contribution is -2.39. The molecule has 0 fully saturated rings. The van der Waals surface area contributed by atoms with Gasteiger partial charge in [-0.2, -0.15) is 10.2 Å². The van der Waals surface area contributed by atoms with E-state index in [1.54, 1.807) is 21.7 Å². The predicted octanol–water partition coefficient (Wildman–Crippen LogP) is 4.63. The second kappa shape index (κ2) is 9.02. The van der Waals surface area contributed by atoms with Crippen molar-refractivity contribution in [1.82, 2.24) is 19.7 Å². The lowest BCUT2D eigenvalue weighted by atomic mass is 10.0. The van der Waals surface area contributed by atoms with Crippen LogP contribution in [-0.2, 0) is 4.74 Å². The SMILES string of the molecule is Cc1ccc(-c2ccn(-c3ccc(C4=CCCN(C(=O)OC(C)(C)C)C4)cc3)c(=O)c2)nn1. The van der Waals surface area contributed by atoms with Crippen LogP contribution in [0, 0.1) is 6.92 Å². The number of carbonyl (C=O) groups is 1. The molecule has 33 heavy (non-hydrogen) atoms. The zero-order valence-electron chi connectivity index (χ0n) is 19.4. The van der Waals surface area contributed by atoms with Crippen LogP contribution in [0.2, 0.25) is 0 Å². The Bertz CT molecular complexity index is 1240. The number of hydrogen-bond acceptors (Lipinski definition) is 5. The summed E-state index contributed by atoms with van der Waals surface area (Å²) < 4.78 is 7.11. The molecule has 1 amide bonds. The maximum Gasteiger partial charge on any atom is 0.410 e. The molecule has 1 aromatic carbocycles. The molecule has 1 aliphatic heterocycles. The van der Waals surface area contributed by atoms with E-state index in [0.29, 0.717) is 18.8 Å². The van der Waals surface area contributed by atoms with Gasteiger partial charge in [-0.15, -0.1) is 0 Å². The van der Waals surface area contributed by atoms with Crippen LogP contribution < -0.4 is 5.56 Å². The fraction of sp³-hybridized carbons (Fsp3) is 0.308. The molecule has 0 spiro atoms. The van der Waals surface area contributed by atoms with E-state index in [1.165, 1.54) is 0 Å². The number of carbonyl (C=O) groups excluding carboxylic acids is 1. The topological polar surface area (TPSA) is 77.3 Å². The maximum atomic E-state index is 12.7. The van der Waals surface area contributed by atoms with E-state index in [4.69, 9.17) is 4.74 Å². The number of nitrogens with zero attached hydrogens (tertiary/aromatic N) is 4. The molecule has 0 bridgehead atoms. The van der Waals surface area contributed by atoms with Gasteiger partial charge in [0.15, 0.2) is 0 Å². The number of hydrogen-bond donors (Lipinski definition) is 0. The van der Waals surface area contributed by atoms with Gasteiger partial charge in [-0.05, 0) is 75.6 Å². The van der Waals surface area contributed by atoms with Crippen molar-refractivity contribution in [2.45, 2.75) is 39.7 Å². The maximum absolute atomic E-state index is 12.7. The third kappa shape index (κ3) is 5.37. The fourth-order valence-corrected chi connectivity index (χ4v) is 3.68. The van der Waals surface area contributed by atoms with E-state index in [0.717, 1.165) is 34.5 Å². The Morgan fingerprint density at radius 3 is 2.39 bits per heavy atom. The summed E-state index contributed by atoms with van der Waals surface area (Å²) in [6.07, 6.45) is 4.38. The summed E-state index contributed by atoms with van der Waals surface area (Å²) in [7, 11) is 0. The Balaban J connectivity index is 1.50. The Morgan fingerprint density at radius 2 is 1.76 bits per heavy atom. The molecule has 1 aliphatic rings. The summed E-state index contributed by atoms with van der Waals surface area (Å²) in [6, 6.07) is 14.9. The summed E-state index contributed by atoms with van der Waals surface area (Å²) in [5.41, 5.74) is 4.42. The number of pyridine rings is 1. The number of rotatable bonds is 3. The van der Waals surface area contributed by atoms with E-state index in [-0.39, 0.29) is 11.7 Å². The molecule has 3 heterocycles. The molecule has 0 saturated heterocycles. The molecule has 4 rings (SSSR count). The highest BCUT2D eigenvalue weighted by Gasteiger charge is 2.24. The van der Waals surface area contributed by atoms with Gasteiger partial charge in [0.25, 0.3) is 5.56 Å². The standard InChI is InChI=1S/C26H28N4O3/c1-18-7-12-23(28-27-18)20-13-15-30(24(31)16-20)22-10-8-19(9-11-22)21-6-5-14-29(17-21)25(32)33-26(2,3)4/h6-13,15-16H,5,14,17H2,1-4H3. The van der Waals surface area contributed by atoms with Crippen LogP contribution in [0.1, 0.15) is 38.4 Å². The van der Waals surface area contributed by atoms with Gasteiger partial charge in [-0.1, -0.05) is 18.2 Å². The van der Waals surface area contributed by atoms with Crippen LogP contribution in [0.15, 0.2) is 65.6 Å². The number of aromatic nitrogens is 3. The molecular formula is C26H28N4O3. The Labute approximate surface area is 193 Å². The lowest BCUT2D eigenvalue weighted by Gasteiger charge is -2.30. The average molecular weight is 445 g/mol. The molecule has 7 nitrogen and oxygen atoms in total. The first-order chi connectivity index (χ1) is 15.7. The van der Waals surface area contributed by atoms with Crippen LogP contribution in [0.3, 0.4) is 0 Å². The quantitative estimate of drug-likeness (QED) is 0.589. The van der Waals surface area contributed by atoms with Crippen molar-refractivity contribution in [3.8, 4) is 16.9 Å². The normalized spacial score (nSPS) is 14.1. The van der Waals surface area contributed by atoms with Crippen LogP contribution in [0.25, 0.3) is 22.5 Å². The molecule has 0 unspecified atom stereocenters. The summed E-state index contributed by atoms with van der Waals surface area (Å²) in [6.45, 7) is 8.62. The highest BCUT2D eigenvalue weighted by atomic mass is 16.6. The molecule has 2 aromatic heterocycles. The van der Waals surface area contributed by atoms with E-state index >= 15 is 0 Å². The largest absolute Gasteiger partial charge is 0.444 e. The molecule has 170 valence electrons. The second-order valence-electron chi connectivity index (χ2n) is 9.15. The van der Waals surface area contributed by atoms with E-state index < -0.39 is 5.60 Å². The van der Waals surface area contributed by atoms with Gasteiger partial charge in [0.2, 0.25) is 0 Å². The fourth-order valence-electron chi connectivity index (χ4n) is 3.68. The summed E-state index contributed by atoms with van der Waals surface area (Å²) in [4.78, 5) is 26.9. The minimum absolute atomic E-state index is 0.143. The van der Waals surface area contributed by atoms with Gasteiger partial charge in [-0.25, -0.2) is 4.79 Å². The minimum Gasteiger partial charge on any atom is -0.444 e. The highest BCUT2D eigenvalue weighted by molar-refractivity contribution is 5.75. The first-order valence-electron chi connectivity index (χ1n) is 11.0. The zero-order valence-corrected chi connectivity index (χ0v) is 19.4. The van der Waals surface area contributed by atoms with Gasteiger partial charge in [0, 0.05) is 36.6 Å². The van der Waals surface area contributed by atoms with Crippen LogP contribution >= 0.6 is 0 Å². The second-order valence-corrected chi connectivity index (χ2v) is 9.15. The molecule has 0 atom stereocenters. The lowest BCUT2D eigenvalue weighted by molar-refractivity contribution is 0.0273. The predicted molar refractivity (Wildman–Crippen MR) is 128 cm³/mol. The molecular weight excluding hydrogens is 416 g/mol. The number of benzene rings is 1. The van der Waals surface area contributed by atoms with Crippen molar-refractivity contribution in [3.05, 3.63) is 82.4 Å². The van der Waals surface area contributed by atoms with Gasteiger partial charge >= 0.3 is 6.09 Å². The van der Waals surface area contributed by atoms with Crippen LogP contribution in [0.5, 0.6) is 0 Å². The Morgan fingerprint density at radius 1 is 1.00 bits per heavy atom. The van der Waals surface area contributed by atoms with Crippen molar-refractivity contribution in [2.75, 3.05) is 13.1 Å². The zero-order chi connectivity index (χ0) is 23.6. The molecule has 3 aromatic rings. The van der Waals surface area contributed by atoms with Crippen molar-refractivity contribution < 1.29 is 9.53 Å². The van der Waals surface area contributed by atoms with Gasteiger partial charge in [0.1, 0.15) is 5.60 Å². The third-order valence-electron chi connectivity index (χ3n) is 5.33. The molecule has 7 heteroatoms. The third-order valence-corrected chi connectivity index (χ3v) is 5.33. The van der Waals surface area contributed by atoms with Gasteiger partial charge < -0.3 is 9.64 Å². The Kier molecular flexibility index (Phi) is 6.14. The van der Waals surface area contributed by atoms with Crippen molar-refractivity contribution >= 4 is 11.7 Å². The van der Waals surface area contributed by atoms with Gasteiger partial charge in [0.05, 0.1) is 11.4 Å². The monoisotopic (exact) mass is 444 g/mol. The van der Waals surface area contributed by atoms with Crippen molar-refractivity contribution in [2.24, 2.45) is 0 Å². The average Bonchev–Trinajstić information content (AvgIpc) is 2.79. The first-order valence-corrected chi connectivity index (χ1v) is 11.0. The summed E-state index contributed by atoms with van der Waals surface area (Å²) in [5.74, 6) is 0. The molecule has 0 N–H and O–H groups in total.